The van der Waals surface area contributed by atoms with Crippen molar-refractivity contribution in [2.45, 2.75) is 19.9 Å². The maximum atomic E-state index is 5.65. The van der Waals surface area contributed by atoms with Crippen molar-refractivity contribution in [2.75, 3.05) is 13.6 Å². The molecule has 0 aliphatic rings. The number of hydrazone groups is 1. The van der Waals surface area contributed by atoms with Crippen molar-refractivity contribution in [1.29, 1.82) is 0 Å². The number of aliphatic imine (C=N–C) groups is 1. The van der Waals surface area contributed by atoms with E-state index in [2.05, 4.69) is 33.0 Å². The first-order chi connectivity index (χ1) is 9.11. The molecule has 0 saturated heterocycles. The lowest BCUT2D eigenvalue weighted by Gasteiger charge is -2.04. The molecule has 0 unspecified atom stereocenters. The number of amidine groups is 1. The smallest absolute Gasteiger partial charge is 0.209 e. The van der Waals surface area contributed by atoms with E-state index in [-0.39, 0.29) is 5.96 Å². The average molecular weight is 262 g/mol. The third kappa shape index (κ3) is 6.42. The summed E-state index contributed by atoms with van der Waals surface area (Å²) >= 11 is 0. The maximum absolute atomic E-state index is 5.65. The molecule has 104 valence electrons. The third-order valence-electron chi connectivity index (χ3n) is 2.43. The lowest BCUT2D eigenvalue weighted by Crippen LogP contribution is -2.29. The summed E-state index contributed by atoms with van der Waals surface area (Å²) in [5.41, 5.74) is 16.0. The van der Waals surface area contributed by atoms with Crippen molar-refractivity contribution < 1.29 is 0 Å². The van der Waals surface area contributed by atoms with E-state index in [1.807, 2.05) is 19.2 Å². The molecule has 0 aliphatic carbocycles. The van der Waals surface area contributed by atoms with Crippen molar-refractivity contribution in [3.63, 3.8) is 0 Å². The molecular weight excluding hydrogens is 240 g/mol. The van der Waals surface area contributed by atoms with Gasteiger partial charge in [-0.3, -0.25) is 0 Å². The highest BCUT2D eigenvalue weighted by Gasteiger charge is 1.96. The molecule has 1 aromatic carbocycles. The van der Waals surface area contributed by atoms with Gasteiger partial charge in [-0.15, -0.1) is 0 Å². The van der Waals surface area contributed by atoms with Crippen LogP contribution in [0.5, 0.6) is 0 Å². The Kier molecular flexibility index (Phi) is 6.38. The van der Waals surface area contributed by atoms with Gasteiger partial charge in [-0.2, -0.15) is 5.10 Å². The molecule has 0 saturated carbocycles. The average Bonchev–Trinajstić information content (AvgIpc) is 2.41. The number of rotatable bonds is 6. The van der Waals surface area contributed by atoms with Gasteiger partial charge in [0.25, 0.3) is 0 Å². The van der Waals surface area contributed by atoms with Gasteiger partial charge in [0.15, 0.2) is 0 Å². The first kappa shape index (κ1) is 15.0. The van der Waals surface area contributed by atoms with E-state index in [4.69, 9.17) is 11.5 Å². The van der Waals surface area contributed by atoms with Crippen LogP contribution in [-0.2, 0) is 13.0 Å². The maximum Gasteiger partial charge on any atom is 0.209 e. The van der Waals surface area contributed by atoms with E-state index in [1.54, 1.807) is 6.92 Å². The number of hydrogen-bond donors (Lipinski definition) is 4. The van der Waals surface area contributed by atoms with E-state index < -0.39 is 0 Å². The minimum atomic E-state index is 0.255. The van der Waals surface area contributed by atoms with Crippen molar-refractivity contribution in [3.8, 4) is 0 Å². The molecule has 0 atom stereocenters. The summed E-state index contributed by atoms with van der Waals surface area (Å²) in [5, 5.41) is 6.90. The molecule has 0 aliphatic heterocycles. The molecule has 0 aromatic heterocycles. The highest BCUT2D eigenvalue weighted by atomic mass is 15.4. The number of nitrogens with zero attached hydrogens (tertiary/aromatic N) is 2. The molecule has 0 amide bonds. The Morgan fingerprint density at radius 3 is 2.68 bits per heavy atom. The molecule has 0 radical (unpaired) electrons. The standard InChI is InChI=1S/C13H22N6/c1-10(14)18-19-13(15)17-9-12-5-3-4-11(8-12)6-7-16-2/h3-5,8,16H,6-7,9H2,1-2H3,(H2,14,18)(H3,15,17,19). The van der Waals surface area contributed by atoms with Crippen LogP contribution in [-0.4, -0.2) is 25.4 Å². The predicted octanol–water partition coefficient (Wildman–Crippen LogP) is 0.145. The summed E-state index contributed by atoms with van der Waals surface area (Å²) in [4.78, 5) is 4.19. The van der Waals surface area contributed by atoms with Crippen molar-refractivity contribution in [1.82, 2.24) is 10.7 Å². The van der Waals surface area contributed by atoms with Crippen molar-refractivity contribution in [2.24, 2.45) is 21.6 Å². The van der Waals surface area contributed by atoms with Crippen molar-refractivity contribution in [3.05, 3.63) is 35.4 Å². The SMILES string of the molecule is CNCCc1cccc(CN=C(N)N/N=C(/C)N)c1. The Bertz CT molecular complexity index is 448. The molecule has 0 fully saturated rings. The van der Waals surface area contributed by atoms with Crippen LogP contribution in [0.25, 0.3) is 0 Å². The summed E-state index contributed by atoms with van der Waals surface area (Å²) in [7, 11) is 1.94. The Morgan fingerprint density at radius 2 is 2.00 bits per heavy atom. The number of nitrogens with two attached hydrogens (primary N) is 2. The van der Waals surface area contributed by atoms with Gasteiger partial charge in [0.2, 0.25) is 5.96 Å². The molecule has 0 spiro atoms. The van der Waals surface area contributed by atoms with Gasteiger partial charge in [-0.25, -0.2) is 10.4 Å². The number of nitrogens with one attached hydrogen (secondary N) is 2. The molecule has 1 rings (SSSR count). The minimum Gasteiger partial charge on any atom is -0.386 e. The molecule has 19 heavy (non-hydrogen) atoms. The second-order valence-corrected chi connectivity index (χ2v) is 4.24. The Hall–Kier alpha value is -2.08. The van der Waals surface area contributed by atoms with Gasteiger partial charge in [-0.05, 0) is 38.1 Å². The Labute approximate surface area is 114 Å². The summed E-state index contributed by atoms with van der Waals surface area (Å²) < 4.78 is 0. The zero-order valence-electron chi connectivity index (χ0n) is 11.5. The van der Waals surface area contributed by atoms with Crippen LogP contribution in [0.3, 0.4) is 0 Å². The number of guanidine groups is 1. The fourth-order valence-electron chi connectivity index (χ4n) is 1.51. The zero-order valence-corrected chi connectivity index (χ0v) is 11.5. The van der Waals surface area contributed by atoms with Crippen LogP contribution >= 0.6 is 0 Å². The van der Waals surface area contributed by atoms with E-state index >= 15 is 0 Å². The molecule has 0 bridgehead atoms. The molecule has 6 N–H and O–H groups in total. The van der Waals surface area contributed by atoms with Gasteiger partial charge >= 0.3 is 0 Å². The Balaban J connectivity index is 2.56. The predicted molar refractivity (Wildman–Crippen MR) is 79.8 cm³/mol. The van der Waals surface area contributed by atoms with Crippen LogP contribution in [0.2, 0.25) is 0 Å². The van der Waals surface area contributed by atoms with Gasteiger partial charge in [-0.1, -0.05) is 24.3 Å². The Morgan fingerprint density at radius 1 is 1.26 bits per heavy atom. The second-order valence-electron chi connectivity index (χ2n) is 4.24. The van der Waals surface area contributed by atoms with E-state index in [0.717, 1.165) is 18.5 Å². The van der Waals surface area contributed by atoms with E-state index in [1.165, 1.54) is 5.56 Å². The lowest BCUT2D eigenvalue weighted by molar-refractivity contribution is 0.790. The molecule has 1 aromatic rings. The highest BCUT2D eigenvalue weighted by molar-refractivity contribution is 5.82. The number of hydrogen-bond acceptors (Lipinski definition) is 3. The number of likely N-dealkylation sites (N-methyl/N-ethyl adjacent to an activating group) is 1. The van der Waals surface area contributed by atoms with Crippen LogP contribution in [0.4, 0.5) is 0 Å². The zero-order chi connectivity index (χ0) is 14.1. The van der Waals surface area contributed by atoms with Gasteiger partial charge in [0, 0.05) is 0 Å². The summed E-state index contributed by atoms with van der Waals surface area (Å²) in [5.74, 6) is 0.664. The second kappa shape index (κ2) is 8.10. The molecule has 6 nitrogen and oxygen atoms in total. The van der Waals surface area contributed by atoms with Crippen molar-refractivity contribution >= 4 is 11.8 Å². The summed E-state index contributed by atoms with van der Waals surface area (Å²) in [6, 6.07) is 8.29. The van der Waals surface area contributed by atoms with Gasteiger partial charge < -0.3 is 16.8 Å². The van der Waals surface area contributed by atoms with Crippen LogP contribution < -0.4 is 22.2 Å². The summed E-state index contributed by atoms with van der Waals surface area (Å²) in [6.45, 7) is 3.15. The van der Waals surface area contributed by atoms with Crippen LogP contribution in [0.15, 0.2) is 34.4 Å². The van der Waals surface area contributed by atoms with Gasteiger partial charge in [0.1, 0.15) is 5.84 Å². The highest BCUT2D eigenvalue weighted by Crippen LogP contribution is 2.07. The number of benzene rings is 1. The third-order valence-corrected chi connectivity index (χ3v) is 2.43. The van der Waals surface area contributed by atoms with Crippen LogP contribution in [0, 0.1) is 0 Å². The normalized spacial score (nSPS) is 12.5. The first-order valence-corrected chi connectivity index (χ1v) is 6.20. The topological polar surface area (TPSA) is 101 Å². The lowest BCUT2D eigenvalue weighted by atomic mass is 10.1. The quantitative estimate of drug-likeness (QED) is 0.333. The fourth-order valence-corrected chi connectivity index (χ4v) is 1.51. The molecular formula is C13H22N6. The first-order valence-electron chi connectivity index (χ1n) is 6.20. The van der Waals surface area contributed by atoms with Gasteiger partial charge in [0.05, 0.1) is 6.54 Å². The van der Waals surface area contributed by atoms with E-state index in [9.17, 15) is 0 Å². The largest absolute Gasteiger partial charge is 0.386 e. The summed E-state index contributed by atoms with van der Waals surface area (Å²) in [6.07, 6.45) is 0.998. The minimum absolute atomic E-state index is 0.255. The molecule has 6 heteroatoms. The monoisotopic (exact) mass is 262 g/mol. The van der Waals surface area contributed by atoms with E-state index in [0.29, 0.717) is 12.4 Å². The van der Waals surface area contributed by atoms with Crippen LogP contribution in [0.1, 0.15) is 18.1 Å². The molecule has 0 heterocycles. The fraction of sp³-hybridized carbons (Fsp3) is 0.385.